The van der Waals surface area contributed by atoms with Crippen molar-refractivity contribution < 1.29 is 19.4 Å². The molecule has 0 atom stereocenters. The first-order valence-corrected chi connectivity index (χ1v) is 6.87. The van der Waals surface area contributed by atoms with Gasteiger partial charge in [-0.05, 0) is 31.4 Å². The maximum Gasteiger partial charge on any atom is 0.303 e. The van der Waals surface area contributed by atoms with Gasteiger partial charge < -0.3 is 15.2 Å². The summed E-state index contributed by atoms with van der Waals surface area (Å²) in [5, 5.41) is 11.3. The number of nitrogens with one attached hydrogen (secondary N) is 1. The molecule has 1 aromatic carbocycles. The van der Waals surface area contributed by atoms with Gasteiger partial charge in [-0.15, -0.1) is 0 Å². The fourth-order valence-corrected chi connectivity index (χ4v) is 1.68. The maximum atomic E-state index is 11.8. The summed E-state index contributed by atoms with van der Waals surface area (Å²) in [5.74, 6) is -0.292. The van der Waals surface area contributed by atoms with Crippen molar-refractivity contribution in [1.82, 2.24) is 0 Å². The van der Waals surface area contributed by atoms with Crippen LogP contribution in [0.4, 0.5) is 5.69 Å². The van der Waals surface area contributed by atoms with Crippen LogP contribution in [0.15, 0.2) is 24.3 Å². The number of para-hydroxylation sites is 2. The first-order valence-electron chi connectivity index (χ1n) is 6.87. The van der Waals surface area contributed by atoms with Gasteiger partial charge in [0.05, 0.1) is 12.3 Å². The van der Waals surface area contributed by atoms with E-state index >= 15 is 0 Å². The quantitative estimate of drug-likeness (QED) is 0.681. The van der Waals surface area contributed by atoms with Crippen molar-refractivity contribution in [3.05, 3.63) is 24.3 Å². The Morgan fingerprint density at radius 3 is 2.60 bits per heavy atom. The molecule has 0 saturated heterocycles. The molecular weight excluding hydrogens is 258 g/mol. The fourth-order valence-electron chi connectivity index (χ4n) is 1.68. The summed E-state index contributed by atoms with van der Waals surface area (Å²) >= 11 is 0. The van der Waals surface area contributed by atoms with Gasteiger partial charge in [0.2, 0.25) is 5.91 Å². The lowest BCUT2D eigenvalue weighted by atomic mass is 10.2. The summed E-state index contributed by atoms with van der Waals surface area (Å²) in [6.07, 6.45) is 2.39. The number of amides is 1. The van der Waals surface area contributed by atoms with Gasteiger partial charge in [-0.2, -0.15) is 0 Å². The van der Waals surface area contributed by atoms with Crippen LogP contribution in [-0.2, 0) is 9.59 Å². The molecule has 0 unspecified atom stereocenters. The number of carboxylic acid groups (broad SMARTS) is 1. The van der Waals surface area contributed by atoms with Gasteiger partial charge >= 0.3 is 5.97 Å². The number of aliphatic carboxylic acids is 1. The Morgan fingerprint density at radius 1 is 1.20 bits per heavy atom. The summed E-state index contributed by atoms with van der Waals surface area (Å²) in [7, 11) is 0. The molecule has 0 bridgehead atoms. The lowest BCUT2D eigenvalue weighted by Crippen LogP contribution is -2.12. The molecule has 110 valence electrons. The zero-order chi connectivity index (χ0) is 14.8. The van der Waals surface area contributed by atoms with E-state index in [-0.39, 0.29) is 12.3 Å². The predicted octanol–water partition coefficient (Wildman–Crippen LogP) is 3.06. The number of hydrogen-bond acceptors (Lipinski definition) is 3. The minimum Gasteiger partial charge on any atom is -0.491 e. The van der Waals surface area contributed by atoms with E-state index in [9.17, 15) is 9.59 Å². The lowest BCUT2D eigenvalue weighted by Gasteiger charge is -2.11. The van der Waals surface area contributed by atoms with Crippen molar-refractivity contribution in [2.45, 2.75) is 39.0 Å². The summed E-state index contributed by atoms with van der Waals surface area (Å²) in [6, 6.07) is 7.29. The van der Waals surface area contributed by atoms with E-state index in [1.165, 1.54) is 0 Å². The summed E-state index contributed by atoms with van der Waals surface area (Å²) in [5.41, 5.74) is 0.657. The van der Waals surface area contributed by atoms with Gasteiger partial charge in [-0.3, -0.25) is 9.59 Å². The number of hydrogen-bond donors (Lipinski definition) is 2. The van der Waals surface area contributed by atoms with Gasteiger partial charge in [-0.25, -0.2) is 0 Å². The molecule has 0 aliphatic heterocycles. The second kappa shape index (κ2) is 8.96. The molecule has 2 N–H and O–H groups in total. The Bertz CT molecular complexity index is 445. The van der Waals surface area contributed by atoms with Crippen LogP contribution in [0.5, 0.6) is 5.75 Å². The SMILES string of the molecule is CCCOc1ccccc1NC(=O)CCCCC(=O)O. The Balaban J connectivity index is 2.42. The predicted molar refractivity (Wildman–Crippen MR) is 77.0 cm³/mol. The van der Waals surface area contributed by atoms with E-state index < -0.39 is 5.97 Å². The molecule has 1 rings (SSSR count). The number of benzene rings is 1. The van der Waals surface area contributed by atoms with Crippen molar-refractivity contribution in [3.63, 3.8) is 0 Å². The van der Waals surface area contributed by atoms with Crippen molar-refractivity contribution in [2.24, 2.45) is 0 Å². The van der Waals surface area contributed by atoms with Crippen LogP contribution >= 0.6 is 0 Å². The normalized spacial score (nSPS) is 10.1. The lowest BCUT2D eigenvalue weighted by molar-refractivity contribution is -0.137. The standard InChI is InChI=1S/C15H21NO4/c1-2-11-20-13-8-4-3-7-12(13)16-14(17)9-5-6-10-15(18)19/h3-4,7-8H,2,5-6,9-11H2,1H3,(H,16,17)(H,18,19). The molecule has 5 nitrogen and oxygen atoms in total. The topological polar surface area (TPSA) is 75.6 Å². The zero-order valence-electron chi connectivity index (χ0n) is 11.7. The van der Waals surface area contributed by atoms with Gasteiger partial charge in [0.25, 0.3) is 0 Å². The Kier molecular flexibility index (Phi) is 7.17. The van der Waals surface area contributed by atoms with E-state index in [0.717, 1.165) is 6.42 Å². The molecule has 0 aromatic heterocycles. The van der Waals surface area contributed by atoms with Crippen molar-refractivity contribution in [1.29, 1.82) is 0 Å². The fraction of sp³-hybridized carbons (Fsp3) is 0.467. The van der Waals surface area contributed by atoms with Gasteiger partial charge in [0.15, 0.2) is 0 Å². The van der Waals surface area contributed by atoms with Crippen LogP contribution in [0.2, 0.25) is 0 Å². The van der Waals surface area contributed by atoms with Gasteiger partial charge in [-0.1, -0.05) is 19.1 Å². The highest BCUT2D eigenvalue weighted by Gasteiger charge is 2.07. The second-order valence-corrected chi connectivity index (χ2v) is 4.49. The second-order valence-electron chi connectivity index (χ2n) is 4.49. The molecule has 1 aromatic rings. The average molecular weight is 279 g/mol. The zero-order valence-corrected chi connectivity index (χ0v) is 11.7. The maximum absolute atomic E-state index is 11.8. The molecular formula is C15H21NO4. The van der Waals surface area contributed by atoms with Gasteiger partial charge in [0, 0.05) is 12.8 Å². The minimum absolute atomic E-state index is 0.101. The first kappa shape index (κ1) is 16.0. The number of unbranched alkanes of at least 4 members (excludes halogenated alkanes) is 1. The van der Waals surface area contributed by atoms with E-state index in [1.54, 1.807) is 6.07 Å². The number of carboxylic acids is 1. The molecule has 0 aliphatic rings. The molecule has 0 saturated carbocycles. The Morgan fingerprint density at radius 2 is 1.90 bits per heavy atom. The summed E-state index contributed by atoms with van der Waals surface area (Å²) < 4.78 is 5.55. The minimum atomic E-state index is -0.830. The number of carbonyl (C=O) groups excluding carboxylic acids is 1. The van der Waals surface area contributed by atoms with E-state index in [0.29, 0.717) is 37.3 Å². The van der Waals surface area contributed by atoms with E-state index in [4.69, 9.17) is 9.84 Å². The highest BCUT2D eigenvalue weighted by Crippen LogP contribution is 2.24. The van der Waals surface area contributed by atoms with Crippen molar-refractivity contribution in [2.75, 3.05) is 11.9 Å². The molecule has 0 radical (unpaired) electrons. The third-order valence-corrected chi connectivity index (χ3v) is 2.67. The monoisotopic (exact) mass is 279 g/mol. The van der Waals surface area contributed by atoms with Crippen molar-refractivity contribution in [3.8, 4) is 5.75 Å². The molecule has 20 heavy (non-hydrogen) atoms. The molecule has 0 aliphatic carbocycles. The highest BCUT2D eigenvalue weighted by molar-refractivity contribution is 5.92. The summed E-state index contributed by atoms with van der Waals surface area (Å²) in [4.78, 5) is 22.1. The average Bonchev–Trinajstić information content (AvgIpc) is 2.42. The van der Waals surface area contributed by atoms with Crippen LogP contribution in [-0.4, -0.2) is 23.6 Å². The Labute approximate surface area is 118 Å². The molecule has 0 spiro atoms. The van der Waals surface area contributed by atoms with Crippen LogP contribution in [0.1, 0.15) is 39.0 Å². The third-order valence-electron chi connectivity index (χ3n) is 2.67. The van der Waals surface area contributed by atoms with Gasteiger partial charge in [0.1, 0.15) is 5.75 Å². The van der Waals surface area contributed by atoms with Crippen LogP contribution < -0.4 is 10.1 Å². The number of ether oxygens (including phenoxy) is 1. The molecule has 0 fully saturated rings. The molecule has 5 heteroatoms. The smallest absolute Gasteiger partial charge is 0.303 e. The summed E-state index contributed by atoms with van der Waals surface area (Å²) in [6.45, 7) is 2.62. The number of anilines is 1. The van der Waals surface area contributed by atoms with Crippen LogP contribution in [0, 0.1) is 0 Å². The van der Waals surface area contributed by atoms with E-state index in [1.807, 2.05) is 25.1 Å². The van der Waals surface area contributed by atoms with Crippen LogP contribution in [0.25, 0.3) is 0 Å². The largest absolute Gasteiger partial charge is 0.491 e. The molecule has 0 heterocycles. The molecule has 1 amide bonds. The van der Waals surface area contributed by atoms with Crippen LogP contribution in [0.3, 0.4) is 0 Å². The third kappa shape index (κ3) is 6.22. The van der Waals surface area contributed by atoms with Crippen molar-refractivity contribution >= 4 is 17.6 Å². The Hall–Kier alpha value is -2.04. The number of carbonyl (C=O) groups is 2. The first-order chi connectivity index (χ1) is 9.63. The highest BCUT2D eigenvalue weighted by atomic mass is 16.5. The number of rotatable bonds is 9. The van der Waals surface area contributed by atoms with E-state index in [2.05, 4.69) is 5.32 Å².